The van der Waals surface area contributed by atoms with Gasteiger partial charge in [-0.15, -0.1) is 0 Å². The molecule has 8 nitrogen and oxygen atoms in total. The Bertz CT molecular complexity index is 73.7. The first kappa shape index (κ1) is 22.4. The minimum atomic E-state index is -1.75. The van der Waals surface area contributed by atoms with Crippen molar-refractivity contribution < 1.29 is 27.2 Å². The predicted molar refractivity (Wildman–Crippen MR) is 26.5 cm³/mol. The van der Waals surface area contributed by atoms with Crippen LogP contribution in [-0.4, -0.2) is 55.7 Å². The Morgan fingerprint density at radius 1 is 0.800 bits per heavy atom. The van der Waals surface area contributed by atoms with Crippen LogP contribution in [0.15, 0.2) is 0 Å². The van der Waals surface area contributed by atoms with Crippen LogP contribution in [0, 0.1) is 30.6 Å². The summed E-state index contributed by atoms with van der Waals surface area (Å²) in [6.07, 6.45) is 0. The molecule has 0 N–H and O–H groups in total. The average Bonchev–Trinajstić information content (AvgIpc) is 1.25. The first-order chi connectivity index (χ1) is 3.46. The molecule has 0 saturated carbocycles. The van der Waals surface area contributed by atoms with Crippen LogP contribution in [0.3, 0.4) is 0 Å². The van der Waals surface area contributed by atoms with E-state index in [1.54, 1.807) is 0 Å². The molecule has 0 aliphatic heterocycles. The van der Waals surface area contributed by atoms with Crippen molar-refractivity contribution in [3.05, 3.63) is 30.6 Å². The predicted octanol–water partition coefficient (Wildman–Crippen LogP) is -0.862. The molecule has 0 rings (SSSR count). The number of hydrogen-bond acceptors (Lipinski definition) is 6. The molecule has 0 spiro atoms. The molecule has 0 aliphatic carbocycles. The van der Waals surface area contributed by atoms with Crippen molar-refractivity contribution in [3.63, 3.8) is 0 Å². The fourth-order valence-electron chi connectivity index (χ4n) is 0. The maximum Gasteiger partial charge on any atom is 2.00 e. The number of hydrogen-bond donors (Lipinski definition) is 0. The Morgan fingerprint density at radius 3 is 0.800 bits per heavy atom. The molecule has 10 heavy (non-hydrogen) atoms. The molecule has 0 heterocycles. The van der Waals surface area contributed by atoms with E-state index < -0.39 is 10.2 Å². The maximum absolute atomic E-state index is 8.25. The minimum Gasteiger partial charge on any atom is -0.356 e. The second-order valence-electron chi connectivity index (χ2n) is 0.447. The molecule has 0 aromatic heterocycles. The van der Waals surface area contributed by atoms with Gasteiger partial charge in [-0.05, 0) is 0 Å². The SMILES string of the molecule is O=[N+]([O-])[O-].O=[N+]([O-])[O-].[Fe+2].[Sr+2]. The molecule has 10 heteroatoms. The third-order valence-corrected chi connectivity index (χ3v) is 0. The molecular weight excluding hydrogens is 267 g/mol. The number of rotatable bonds is 0. The molecule has 0 radical (unpaired) electrons. The Kier molecular flexibility index (Phi) is 36.3. The van der Waals surface area contributed by atoms with Gasteiger partial charge >= 0.3 is 62.6 Å². The van der Waals surface area contributed by atoms with Crippen molar-refractivity contribution in [1.82, 2.24) is 0 Å². The van der Waals surface area contributed by atoms with Gasteiger partial charge in [0.2, 0.25) is 0 Å². The van der Waals surface area contributed by atoms with E-state index >= 15 is 0 Å². The second kappa shape index (κ2) is 16.2. The zero-order chi connectivity index (χ0) is 7.15. The Hall–Kier alpha value is 0.400. The van der Waals surface area contributed by atoms with Crippen molar-refractivity contribution in [2.75, 3.05) is 0 Å². The first-order valence-electron chi connectivity index (χ1n) is 1.10. The van der Waals surface area contributed by atoms with Crippen LogP contribution in [0.4, 0.5) is 0 Å². The summed E-state index contributed by atoms with van der Waals surface area (Å²) in [4.78, 5) is 16.5. The zero-order valence-electron chi connectivity index (χ0n) is 4.40. The topological polar surface area (TPSA) is 132 Å². The third kappa shape index (κ3) is 2870. The van der Waals surface area contributed by atoms with Gasteiger partial charge in [-0.3, -0.25) is 0 Å². The van der Waals surface area contributed by atoms with Crippen molar-refractivity contribution in [2.24, 2.45) is 0 Å². The molecule has 0 aliphatic rings. The molecule has 0 saturated heterocycles. The largest absolute Gasteiger partial charge is 2.00 e. The van der Waals surface area contributed by atoms with E-state index in [0.717, 1.165) is 0 Å². The van der Waals surface area contributed by atoms with Crippen molar-refractivity contribution in [1.29, 1.82) is 0 Å². The molecule has 0 atom stereocenters. The van der Waals surface area contributed by atoms with Gasteiger partial charge in [-0.25, -0.2) is 0 Å². The van der Waals surface area contributed by atoms with E-state index in [1.807, 2.05) is 0 Å². The first-order valence-corrected chi connectivity index (χ1v) is 1.10. The normalized spacial score (nSPS) is 4.80. The van der Waals surface area contributed by atoms with Crippen LogP contribution in [0.1, 0.15) is 0 Å². The van der Waals surface area contributed by atoms with Gasteiger partial charge in [0.05, 0.1) is 10.2 Å². The van der Waals surface area contributed by atoms with Crippen LogP contribution in [0.2, 0.25) is 0 Å². The molecule has 0 aromatic rings. The molecule has 0 fully saturated rings. The van der Waals surface area contributed by atoms with Gasteiger partial charge in [-0.2, -0.15) is 0 Å². The van der Waals surface area contributed by atoms with Gasteiger partial charge in [0.15, 0.2) is 0 Å². The summed E-state index contributed by atoms with van der Waals surface area (Å²) >= 11 is 0. The summed E-state index contributed by atoms with van der Waals surface area (Å²) in [5.74, 6) is 0. The van der Waals surface area contributed by atoms with Crippen LogP contribution in [0.5, 0.6) is 0 Å². The van der Waals surface area contributed by atoms with Crippen LogP contribution < -0.4 is 0 Å². The van der Waals surface area contributed by atoms with Gasteiger partial charge in [0, 0.05) is 0 Å². The Morgan fingerprint density at radius 2 is 0.800 bits per heavy atom. The van der Waals surface area contributed by atoms with Gasteiger partial charge in [0.1, 0.15) is 0 Å². The molecular formula is FeN2O6Sr+2. The Balaban J connectivity index is -0.0000000300. The fourth-order valence-corrected chi connectivity index (χ4v) is 0. The molecule has 0 amide bonds. The zero-order valence-corrected chi connectivity index (χ0v) is 8.98. The smallest absolute Gasteiger partial charge is 0.356 e. The van der Waals surface area contributed by atoms with Crippen molar-refractivity contribution >= 4 is 45.5 Å². The van der Waals surface area contributed by atoms with E-state index in [9.17, 15) is 0 Å². The van der Waals surface area contributed by atoms with E-state index in [2.05, 4.69) is 0 Å². The van der Waals surface area contributed by atoms with Gasteiger partial charge < -0.3 is 30.6 Å². The Labute approximate surface area is 102 Å². The van der Waals surface area contributed by atoms with Gasteiger partial charge in [0.25, 0.3) is 0 Å². The summed E-state index contributed by atoms with van der Waals surface area (Å²) < 4.78 is 0. The van der Waals surface area contributed by atoms with Crippen LogP contribution in [0.25, 0.3) is 0 Å². The quantitative estimate of drug-likeness (QED) is 0.318. The van der Waals surface area contributed by atoms with Crippen LogP contribution in [-0.2, 0) is 17.1 Å². The summed E-state index contributed by atoms with van der Waals surface area (Å²) in [6, 6.07) is 0. The van der Waals surface area contributed by atoms with Gasteiger partial charge in [-0.1, -0.05) is 0 Å². The summed E-state index contributed by atoms with van der Waals surface area (Å²) in [6.45, 7) is 0. The molecule has 0 bridgehead atoms. The van der Waals surface area contributed by atoms with Crippen LogP contribution >= 0.6 is 0 Å². The summed E-state index contributed by atoms with van der Waals surface area (Å²) in [5, 5.41) is 29.5. The average molecular weight is 267 g/mol. The minimum absolute atomic E-state index is 0. The second-order valence-corrected chi connectivity index (χ2v) is 0.447. The van der Waals surface area contributed by atoms with Crippen molar-refractivity contribution in [2.45, 2.75) is 0 Å². The fraction of sp³-hybridized carbons (Fsp3) is 0. The molecule has 0 aromatic carbocycles. The van der Waals surface area contributed by atoms with E-state index in [-0.39, 0.29) is 62.6 Å². The summed E-state index contributed by atoms with van der Waals surface area (Å²) in [5.41, 5.74) is 0. The standard InChI is InChI=1S/Fe.2NO3.Sr/c;2*2-1(3)4;/q+2;2*-1;+2. The van der Waals surface area contributed by atoms with E-state index in [0.29, 0.717) is 0 Å². The molecule has 54 valence electrons. The van der Waals surface area contributed by atoms with Crippen molar-refractivity contribution in [3.8, 4) is 0 Å². The summed E-state index contributed by atoms with van der Waals surface area (Å²) in [7, 11) is 0. The van der Waals surface area contributed by atoms with E-state index in [4.69, 9.17) is 30.6 Å². The third-order valence-electron chi connectivity index (χ3n) is 0. The molecule has 0 unspecified atom stereocenters. The number of nitrogens with zero attached hydrogens (tertiary/aromatic N) is 2. The van der Waals surface area contributed by atoms with E-state index in [1.165, 1.54) is 0 Å². The maximum atomic E-state index is 8.25. The monoisotopic (exact) mass is 268 g/mol.